The molecule has 0 atom stereocenters. The van der Waals surface area contributed by atoms with Crippen molar-refractivity contribution in [2.24, 2.45) is 5.73 Å². The Labute approximate surface area is 179 Å². The van der Waals surface area contributed by atoms with E-state index in [0.29, 0.717) is 8.04 Å². The average Bonchev–Trinajstić information content (AvgIpc) is 3.13. The SMILES string of the molecule is NC(=O)c1cc(I)cc(F)c1-c1c(Br)cnc(NC(=O)c2ccn[nH]2)c1Cl. The summed E-state index contributed by atoms with van der Waals surface area (Å²) in [6, 6.07) is 4.16. The zero-order valence-corrected chi connectivity index (χ0v) is 17.7. The molecule has 0 radical (unpaired) electrons. The number of nitrogens with zero attached hydrogens (tertiary/aromatic N) is 2. The molecule has 0 aliphatic heterocycles. The van der Waals surface area contributed by atoms with E-state index in [2.05, 4.69) is 36.4 Å². The lowest BCUT2D eigenvalue weighted by Crippen LogP contribution is -2.16. The number of nitrogens with one attached hydrogen (secondary N) is 2. The number of hydrogen-bond donors (Lipinski definition) is 3. The molecule has 0 saturated carbocycles. The number of nitrogens with two attached hydrogens (primary N) is 1. The van der Waals surface area contributed by atoms with Crippen LogP contribution in [-0.2, 0) is 0 Å². The summed E-state index contributed by atoms with van der Waals surface area (Å²) < 4.78 is 15.5. The van der Waals surface area contributed by atoms with Gasteiger partial charge < -0.3 is 11.1 Å². The van der Waals surface area contributed by atoms with E-state index in [9.17, 15) is 14.0 Å². The lowest BCUT2D eigenvalue weighted by molar-refractivity contribution is 0.0997. The third-order valence-corrected chi connectivity index (χ3v) is 5.11. The zero-order chi connectivity index (χ0) is 19.7. The highest BCUT2D eigenvalue weighted by molar-refractivity contribution is 14.1. The van der Waals surface area contributed by atoms with Gasteiger partial charge in [-0.15, -0.1) is 0 Å². The summed E-state index contributed by atoms with van der Waals surface area (Å²) in [7, 11) is 0. The quantitative estimate of drug-likeness (QED) is 0.416. The van der Waals surface area contributed by atoms with Gasteiger partial charge in [0, 0.05) is 31.6 Å². The number of pyridine rings is 1. The number of anilines is 1. The molecule has 0 aliphatic carbocycles. The molecule has 138 valence electrons. The fourth-order valence-electron chi connectivity index (χ4n) is 2.36. The molecular formula is C16H9BrClFIN5O2. The van der Waals surface area contributed by atoms with Gasteiger partial charge in [-0.05, 0) is 56.7 Å². The number of benzene rings is 1. The van der Waals surface area contributed by atoms with Gasteiger partial charge in [0.15, 0.2) is 5.82 Å². The molecule has 7 nitrogen and oxygen atoms in total. The van der Waals surface area contributed by atoms with Crippen molar-refractivity contribution in [3.05, 3.63) is 60.7 Å². The largest absolute Gasteiger partial charge is 0.366 e. The number of hydrogen-bond acceptors (Lipinski definition) is 4. The maximum absolute atomic E-state index is 14.7. The number of aromatic amines is 1. The van der Waals surface area contributed by atoms with Crippen LogP contribution in [0.25, 0.3) is 11.1 Å². The standard InChI is InChI=1S/C16H9BrClFIN5O2/c17-8-5-22-15(24-16(27)10-1-2-23-25-10)13(18)12(8)11-7(14(21)26)3-6(20)4-9(11)19/h1-5H,(H2,21,26)(H,23,25)(H,22,24,27). The number of carbonyl (C=O) groups excluding carboxylic acids is 2. The Morgan fingerprint density at radius 3 is 2.70 bits per heavy atom. The topological polar surface area (TPSA) is 114 Å². The van der Waals surface area contributed by atoms with E-state index < -0.39 is 17.6 Å². The van der Waals surface area contributed by atoms with Gasteiger partial charge >= 0.3 is 0 Å². The first-order chi connectivity index (χ1) is 12.8. The minimum absolute atomic E-state index is 0.0113. The van der Waals surface area contributed by atoms with Crippen LogP contribution in [0.15, 0.2) is 35.1 Å². The van der Waals surface area contributed by atoms with Crippen molar-refractivity contribution >= 4 is 67.8 Å². The van der Waals surface area contributed by atoms with E-state index >= 15 is 0 Å². The Hall–Kier alpha value is -2.05. The summed E-state index contributed by atoms with van der Waals surface area (Å²) in [5.74, 6) is -2.04. The van der Waals surface area contributed by atoms with Crippen molar-refractivity contribution in [3.63, 3.8) is 0 Å². The molecule has 0 unspecified atom stereocenters. The predicted octanol–water partition coefficient (Wildman–Crippen LogP) is 3.98. The first-order valence-electron chi connectivity index (χ1n) is 7.23. The van der Waals surface area contributed by atoms with Crippen molar-refractivity contribution in [2.45, 2.75) is 0 Å². The predicted molar refractivity (Wildman–Crippen MR) is 110 cm³/mol. The molecule has 0 spiro atoms. The molecule has 3 rings (SSSR count). The van der Waals surface area contributed by atoms with Gasteiger partial charge in [-0.3, -0.25) is 14.7 Å². The number of amides is 2. The van der Waals surface area contributed by atoms with E-state index in [0.717, 1.165) is 0 Å². The van der Waals surface area contributed by atoms with Crippen molar-refractivity contribution in [2.75, 3.05) is 5.32 Å². The first-order valence-corrected chi connectivity index (χ1v) is 9.48. The monoisotopic (exact) mass is 563 g/mol. The molecule has 0 bridgehead atoms. The van der Waals surface area contributed by atoms with Crippen molar-refractivity contribution < 1.29 is 14.0 Å². The second-order valence-corrected chi connectivity index (χ2v) is 7.72. The average molecular weight is 565 g/mol. The Kier molecular flexibility index (Phi) is 5.77. The summed E-state index contributed by atoms with van der Waals surface area (Å²) in [5.41, 5.74) is 5.62. The second-order valence-electron chi connectivity index (χ2n) is 5.24. The molecule has 11 heteroatoms. The number of primary amides is 1. The van der Waals surface area contributed by atoms with Crippen LogP contribution in [0.5, 0.6) is 0 Å². The fourth-order valence-corrected chi connectivity index (χ4v) is 3.85. The summed E-state index contributed by atoms with van der Waals surface area (Å²) in [5, 5.41) is 8.66. The number of H-pyrrole nitrogens is 1. The summed E-state index contributed by atoms with van der Waals surface area (Å²) in [6.07, 6.45) is 2.75. The second kappa shape index (κ2) is 7.90. The molecule has 2 aromatic heterocycles. The Bertz CT molecular complexity index is 1060. The van der Waals surface area contributed by atoms with Crippen LogP contribution in [0.2, 0.25) is 5.02 Å². The fraction of sp³-hybridized carbons (Fsp3) is 0. The van der Waals surface area contributed by atoms with Gasteiger partial charge in [0.2, 0.25) is 5.91 Å². The minimum Gasteiger partial charge on any atom is -0.366 e. The highest BCUT2D eigenvalue weighted by Crippen LogP contribution is 2.41. The van der Waals surface area contributed by atoms with E-state index in [4.69, 9.17) is 17.3 Å². The molecule has 1 aromatic carbocycles. The number of halogens is 4. The van der Waals surface area contributed by atoms with Crippen molar-refractivity contribution in [1.82, 2.24) is 15.2 Å². The minimum atomic E-state index is -0.815. The number of carbonyl (C=O) groups is 2. The number of aromatic nitrogens is 3. The van der Waals surface area contributed by atoms with Crippen molar-refractivity contribution in [1.29, 1.82) is 0 Å². The van der Waals surface area contributed by atoms with Gasteiger partial charge in [0.05, 0.1) is 10.6 Å². The van der Waals surface area contributed by atoms with Crippen molar-refractivity contribution in [3.8, 4) is 11.1 Å². The van der Waals surface area contributed by atoms with Crippen LogP contribution in [0.3, 0.4) is 0 Å². The van der Waals surface area contributed by atoms with Crippen LogP contribution in [0, 0.1) is 9.39 Å². The summed E-state index contributed by atoms with van der Waals surface area (Å²) in [6.45, 7) is 0. The molecule has 0 fully saturated rings. The lowest BCUT2D eigenvalue weighted by atomic mass is 9.99. The normalized spacial score (nSPS) is 10.7. The Morgan fingerprint density at radius 1 is 1.33 bits per heavy atom. The molecule has 27 heavy (non-hydrogen) atoms. The van der Waals surface area contributed by atoms with Crippen LogP contribution in [-0.4, -0.2) is 27.0 Å². The maximum Gasteiger partial charge on any atom is 0.274 e. The lowest BCUT2D eigenvalue weighted by Gasteiger charge is -2.15. The van der Waals surface area contributed by atoms with Crippen LogP contribution in [0.4, 0.5) is 10.2 Å². The third-order valence-electron chi connectivity index (χ3n) is 3.52. The zero-order valence-electron chi connectivity index (χ0n) is 13.2. The van der Waals surface area contributed by atoms with Gasteiger partial charge in [-0.25, -0.2) is 9.37 Å². The smallest absolute Gasteiger partial charge is 0.274 e. The highest BCUT2D eigenvalue weighted by Gasteiger charge is 2.24. The van der Waals surface area contributed by atoms with Gasteiger partial charge in [0.1, 0.15) is 11.5 Å². The molecule has 0 saturated heterocycles. The molecule has 4 N–H and O–H groups in total. The Balaban J connectivity index is 2.15. The molecular weight excluding hydrogens is 555 g/mol. The van der Waals surface area contributed by atoms with E-state index in [1.807, 2.05) is 22.6 Å². The van der Waals surface area contributed by atoms with Crippen LogP contribution >= 0.6 is 50.1 Å². The summed E-state index contributed by atoms with van der Waals surface area (Å²) in [4.78, 5) is 28.1. The molecule has 3 aromatic rings. The first kappa shape index (κ1) is 19.7. The van der Waals surface area contributed by atoms with Gasteiger partial charge in [0.25, 0.3) is 5.91 Å². The van der Waals surface area contributed by atoms with E-state index in [1.165, 1.54) is 30.6 Å². The molecule has 2 amide bonds. The van der Waals surface area contributed by atoms with E-state index in [1.54, 1.807) is 0 Å². The van der Waals surface area contributed by atoms with Crippen LogP contribution in [0.1, 0.15) is 20.8 Å². The summed E-state index contributed by atoms with van der Waals surface area (Å²) >= 11 is 11.5. The highest BCUT2D eigenvalue weighted by atomic mass is 127. The van der Waals surface area contributed by atoms with Gasteiger partial charge in [-0.2, -0.15) is 5.10 Å². The maximum atomic E-state index is 14.7. The van der Waals surface area contributed by atoms with E-state index in [-0.39, 0.29) is 33.2 Å². The molecule has 0 aliphatic rings. The molecule has 2 heterocycles. The van der Waals surface area contributed by atoms with Gasteiger partial charge in [-0.1, -0.05) is 11.6 Å². The third kappa shape index (κ3) is 3.96. The number of rotatable bonds is 4. The van der Waals surface area contributed by atoms with Crippen LogP contribution < -0.4 is 11.1 Å². The Morgan fingerprint density at radius 2 is 2.07 bits per heavy atom.